The van der Waals surface area contributed by atoms with Crippen LogP contribution in [0.25, 0.3) is 0 Å². The molecular weight excluding hydrogens is 542 g/mol. The van der Waals surface area contributed by atoms with Crippen LogP contribution >= 0.6 is 11.8 Å². The number of hydrogen-bond donors (Lipinski definition) is 8. The fourth-order valence-corrected chi connectivity index (χ4v) is 4.95. The molecule has 3 rings (SSSR count). The minimum absolute atomic E-state index is 0.262. The van der Waals surface area contributed by atoms with E-state index in [0.29, 0.717) is 17.3 Å². The molecule has 2 aliphatic rings. The molecule has 0 aliphatic carbocycles. The number of rotatable bonds is 9. The first kappa shape index (κ1) is 30.1. The van der Waals surface area contributed by atoms with Gasteiger partial charge in [0.1, 0.15) is 53.2 Å². The summed E-state index contributed by atoms with van der Waals surface area (Å²) >= 11 is 0.548. The van der Waals surface area contributed by atoms with E-state index < -0.39 is 77.6 Å². The molecular formula is C20H29NO14S2. The van der Waals surface area contributed by atoms with E-state index in [1.54, 1.807) is 30.3 Å². The molecule has 210 valence electrons. The SMILES string of the molecule is O=S(=O)(O)ON=C(C[C@H](O[C@@H]1OC[C@H](O)[C@H](O)[C@H]1O)c1ccccc1)S[C@H]1O[C@@H](CO)[C@H](O)[C@@H](O)[C@@H]1O. The summed E-state index contributed by atoms with van der Waals surface area (Å²) in [5.41, 5.74) is -0.919. The predicted octanol–water partition coefficient (Wildman–Crippen LogP) is -2.76. The van der Waals surface area contributed by atoms with E-state index in [-0.39, 0.29) is 18.1 Å². The van der Waals surface area contributed by atoms with Gasteiger partial charge in [-0.25, -0.2) is 4.28 Å². The molecule has 1 aromatic rings. The summed E-state index contributed by atoms with van der Waals surface area (Å²) in [5, 5.41) is 72.9. The lowest BCUT2D eigenvalue weighted by Crippen LogP contribution is -2.57. The highest BCUT2D eigenvalue weighted by atomic mass is 32.3. The molecule has 2 saturated heterocycles. The Bertz CT molecular complexity index is 996. The number of oxime groups is 1. The van der Waals surface area contributed by atoms with Gasteiger partial charge in [0, 0.05) is 6.42 Å². The lowest BCUT2D eigenvalue weighted by atomic mass is 10.0. The van der Waals surface area contributed by atoms with Gasteiger partial charge in [-0.15, -0.1) is 0 Å². The van der Waals surface area contributed by atoms with Crippen LogP contribution in [0, 0.1) is 0 Å². The van der Waals surface area contributed by atoms with Gasteiger partial charge in [0.15, 0.2) is 6.29 Å². The van der Waals surface area contributed by atoms with Crippen molar-refractivity contribution in [3.63, 3.8) is 0 Å². The van der Waals surface area contributed by atoms with Gasteiger partial charge in [0.05, 0.1) is 19.3 Å². The number of aliphatic hydroxyl groups excluding tert-OH is 7. The highest BCUT2D eigenvalue weighted by Crippen LogP contribution is 2.34. The van der Waals surface area contributed by atoms with Gasteiger partial charge in [-0.1, -0.05) is 47.2 Å². The van der Waals surface area contributed by atoms with Gasteiger partial charge in [0.25, 0.3) is 0 Å². The molecule has 0 saturated carbocycles. The summed E-state index contributed by atoms with van der Waals surface area (Å²) in [6, 6.07) is 8.24. The maximum atomic E-state index is 11.2. The highest BCUT2D eigenvalue weighted by molar-refractivity contribution is 8.14. The Hall–Kier alpha value is -1.45. The molecule has 1 aromatic carbocycles. The molecule has 2 heterocycles. The Morgan fingerprint density at radius 3 is 2.32 bits per heavy atom. The third kappa shape index (κ3) is 8.02. The Morgan fingerprint density at radius 1 is 1.03 bits per heavy atom. The molecule has 0 aromatic heterocycles. The standard InChI is InChI=1S/C20H29NO14S2/c22-7-12-15(25)16(26)18(28)20(34-12)36-13(21-35-37(29,30)31)6-11(9-4-2-1-3-5-9)33-19-17(27)14(24)10(23)8-32-19/h1-5,10-12,14-20,22-28H,6-8H2,(H,29,30,31)/t10-,11-,12-,14-,15-,16+,17+,18-,19-,20+/m0/s1. The van der Waals surface area contributed by atoms with Crippen LogP contribution in [0.3, 0.4) is 0 Å². The molecule has 0 unspecified atom stereocenters. The van der Waals surface area contributed by atoms with Crippen LogP contribution in [0.4, 0.5) is 0 Å². The lowest BCUT2D eigenvalue weighted by Gasteiger charge is -2.40. The van der Waals surface area contributed by atoms with E-state index in [4.69, 9.17) is 18.8 Å². The number of hydrogen-bond acceptors (Lipinski definition) is 15. The predicted molar refractivity (Wildman–Crippen MR) is 124 cm³/mol. The highest BCUT2D eigenvalue weighted by Gasteiger charge is 2.45. The van der Waals surface area contributed by atoms with Gasteiger partial charge in [-0.05, 0) is 5.56 Å². The van der Waals surface area contributed by atoms with Crippen LogP contribution in [0.1, 0.15) is 18.1 Å². The van der Waals surface area contributed by atoms with Crippen LogP contribution in [0.2, 0.25) is 0 Å². The first-order chi connectivity index (χ1) is 17.4. The number of nitrogens with zero attached hydrogens (tertiary/aromatic N) is 1. The fraction of sp³-hybridized carbons (Fsp3) is 0.650. The van der Waals surface area contributed by atoms with E-state index in [1.807, 2.05) is 0 Å². The average Bonchev–Trinajstić information content (AvgIpc) is 2.87. The molecule has 37 heavy (non-hydrogen) atoms. The molecule has 15 nitrogen and oxygen atoms in total. The topological polar surface area (TPSA) is 245 Å². The normalized spacial score (nSPS) is 36.2. The van der Waals surface area contributed by atoms with E-state index in [0.717, 1.165) is 0 Å². The summed E-state index contributed by atoms with van der Waals surface area (Å²) in [6.45, 7) is -1.06. The molecule has 0 bridgehead atoms. The first-order valence-corrected chi connectivity index (χ1v) is 13.2. The van der Waals surface area contributed by atoms with Crippen molar-refractivity contribution in [2.45, 2.75) is 67.0 Å². The summed E-state index contributed by atoms with van der Waals surface area (Å²) in [5.74, 6) is 0. The zero-order valence-corrected chi connectivity index (χ0v) is 20.7. The van der Waals surface area contributed by atoms with Gasteiger partial charge >= 0.3 is 10.4 Å². The molecule has 8 N–H and O–H groups in total. The van der Waals surface area contributed by atoms with E-state index in [1.165, 1.54) is 0 Å². The number of thioether (sulfide) groups is 1. The van der Waals surface area contributed by atoms with Gasteiger partial charge < -0.3 is 50.0 Å². The van der Waals surface area contributed by atoms with Crippen molar-refractivity contribution in [3.8, 4) is 0 Å². The van der Waals surface area contributed by atoms with E-state index in [9.17, 15) is 44.2 Å². The monoisotopic (exact) mass is 571 g/mol. The molecule has 0 amide bonds. The second-order valence-corrected chi connectivity index (χ2v) is 10.5. The van der Waals surface area contributed by atoms with Crippen LogP contribution in [-0.4, -0.2) is 121 Å². The van der Waals surface area contributed by atoms with Gasteiger partial charge in [0.2, 0.25) is 0 Å². The second-order valence-electron chi connectivity index (χ2n) is 8.29. The van der Waals surface area contributed by atoms with Crippen LogP contribution in [0.5, 0.6) is 0 Å². The van der Waals surface area contributed by atoms with Crippen LogP contribution in [-0.2, 0) is 28.9 Å². The smallest absolute Gasteiger partial charge is 0.394 e. The van der Waals surface area contributed by atoms with Crippen LogP contribution in [0.15, 0.2) is 35.5 Å². The second kappa shape index (κ2) is 13.1. The zero-order valence-electron chi connectivity index (χ0n) is 19.1. The summed E-state index contributed by atoms with van der Waals surface area (Å²) < 4.78 is 52.0. The van der Waals surface area contributed by atoms with Crippen molar-refractivity contribution >= 4 is 27.2 Å². The first-order valence-electron chi connectivity index (χ1n) is 11.0. The number of ether oxygens (including phenoxy) is 3. The van der Waals surface area contributed by atoms with E-state index in [2.05, 4.69) is 9.44 Å². The molecule has 17 heteroatoms. The fourth-order valence-electron chi connectivity index (χ4n) is 3.63. The maximum Gasteiger partial charge on any atom is 0.466 e. The summed E-state index contributed by atoms with van der Waals surface area (Å²) in [6.07, 6.45) is -13.8. The molecule has 10 atom stereocenters. The van der Waals surface area contributed by atoms with E-state index >= 15 is 0 Å². The van der Waals surface area contributed by atoms with Gasteiger partial charge in [-0.3, -0.25) is 4.55 Å². The van der Waals surface area contributed by atoms with Crippen molar-refractivity contribution in [3.05, 3.63) is 35.9 Å². The zero-order chi connectivity index (χ0) is 27.3. The van der Waals surface area contributed by atoms with Gasteiger partial charge in [-0.2, -0.15) is 8.42 Å². The third-order valence-electron chi connectivity index (χ3n) is 5.62. The Labute approximate surface area is 215 Å². The van der Waals surface area contributed by atoms with Crippen molar-refractivity contribution in [2.24, 2.45) is 5.16 Å². The number of aliphatic hydroxyl groups is 7. The van der Waals surface area contributed by atoms with Crippen molar-refractivity contribution < 1.29 is 67.2 Å². The minimum Gasteiger partial charge on any atom is -0.394 e. The Morgan fingerprint density at radius 2 is 1.70 bits per heavy atom. The Kier molecular flexibility index (Phi) is 10.6. The van der Waals surface area contributed by atoms with Crippen LogP contribution < -0.4 is 0 Å². The third-order valence-corrected chi connectivity index (χ3v) is 7.02. The minimum atomic E-state index is -5.06. The lowest BCUT2D eigenvalue weighted by molar-refractivity contribution is -0.283. The molecule has 2 aliphatic heterocycles. The Balaban J connectivity index is 1.87. The average molecular weight is 572 g/mol. The number of benzene rings is 1. The summed E-state index contributed by atoms with van der Waals surface area (Å²) in [4.78, 5) is 0. The van der Waals surface area contributed by atoms with Crippen molar-refractivity contribution in [1.29, 1.82) is 0 Å². The molecule has 0 radical (unpaired) electrons. The van der Waals surface area contributed by atoms with Crippen molar-refractivity contribution in [2.75, 3.05) is 13.2 Å². The largest absolute Gasteiger partial charge is 0.466 e. The molecule has 0 spiro atoms. The quantitative estimate of drug-likeness (QED) is 0.0647. The molecule has 2 fully saturated rings. The van der Waals surface area contributed by atoms with Crippen molar-refractivity contribution in [1.82, 2.24) is 0 Å². The maximum absolute atomic E-state index is 11.2. The summed E-state index contributed by atoms with van der Waals surface area (Å²) in [7, 11) is -5.06.